The van der Waals surface area contributed by atoms with Gasteiger partial charge in [-0.1, -0.05) is 41.9 Å². The van der Waals surface area contributed by atoms with Crippen LogP contribution in [0.2, 0.25) is 5.02 Å². The van der Waals surface area contributed by atoms with Crippen LogP contribution in [-0.2, 0) is 6.42 Å². The van der Waals surface area contributed by atoms with Crippen LogP contribution in [0.4, 0.5) is 5.69 Å². The number of hydrogen-bond donors (Lipinski definition) is 1. The Kier molecular flexibility index (Phi) is 4.80. The summed E-state index contributed by atoms with van der Waals surface area (Å²) in [7, 11) is 0. The van der Waals surface area contributed by atoms with Gasteiger partial charge in [-0.25, -0.2) is 0 Å². The smallest absolute Gasteiger partial charge is 0.279 e. The van der Waals surface area contributed by atoms with Crippen molar-refractivity contribution in [1.82, 2.24) is 19.6 Å². The van der Waals surface area contributed by atoms with Crippen LogP contribution in [0.1, 0.15) is 47.8 Å². The predicted molar refractivity (Wildman–Crippen MR) is 130 cm³/mol. The summed E-state index contributed by atoms with van der Waals surface area (Å²) < 4.78 is 1.45. The van der Waals surface area contributed by atoms with E-state index in [1.165, 1.54) is 10.2 Å². The van der Waals surface area contributed by atoms with Crippen LogP contribution in [-0.4, -0.2) is 32.7 Å². The molecule has 0 radical (unpaired) electrons. The van der Waals surface area contributed by atoms with E-state index in [2.05, 4.69) is 45.3 Å². The SMILES string of the molecule is Cc1[nH]c2nc(C3CC34CCN(c3ccccc3)CC4)nn2c(=O)c1Cc1cccc(Cl)c1. The minimum atomic E-state index is -0.103. The van der Waals surface area contributed by atoms with Crippen molar-refractivity contribution in [1.29, 1.82) is 0 Å². The molecule has 33 heavy (non-hydrogen) atoms. The van der Waals surface area contributed by atoms with Crippen molar-refractivity contribution in [3.63, 3.8) is 0 Å². The van der Waals surface area contributed by atoms with E-state index >= 15 is 0 Å². The maximum absolute atomic E-state index is 13.3. The van der Waals surface area contributed by atoms with Crippen molar-refractivity contribution >= 4 is 23.1 Å². The Balaban J connectivity index is 1.24. The molecule has 1 saturated heterocycles. The van der Waals surface area contributed by atoms with Crippen molar-refractivity contribution in [2.24, 2.45) is 5.41 Å². The number of rotatable bonds is 4. The fraction of sp³-hybridized carbons (Fsp3) is 0.346. The van der Waals surface area contributed by atoms with Crippen molar-refractivity contribution in [2.45, 2.75) is 38.5 Å². The number of anilines is 1. The number of aromatic amines is 1. The standard InChI is InChI=1S/C26H26ClN5O/c1-17-21(15-18-6-5-7-19(27)14-18)24(33)32-25(28-17)29-23(30-32)22-16-26(22)10-12-31(13-11-26)20-8-3-2-4-9-20/h2-9,14,22H,10-13,15-16H2,1H3,(H,28,29,30). The number of H-pyrrole nitrogens is 1. The minimum Gasteiger partial charge on any atom is -0.371 e. The van der Waals surface area contributed by atoms with Crippen LogP contribution in [0.5, 0.6) is 0 Å². The van der Waals surface area contributed by atoms with Gasteiger partial charge in [-0.15, -0.1) is 5.10 Å². The van der Waals surface area contributed by atoms with E-state index in [1.807, 2.05) is 31.2 Å². The van der Waals surface area contributed by atoms with Gasteiger partial charge in [0.2, 0.25) is 5.78 Å². The zero-order chi connectivity index (χ0) is 22.6. The minimum absolute atomic E-state index is 0.103. The summed E-state index contributed by atoms with van der Waals surface area (Å²) >= 11 is 6.13. The Bertz CT molecular complexity index is 1390. The van der Waals surface area contributed by atoms with Crippen molar-refractivity contribution in [3.05, 3.63) is 92.6 Å². The zero-order valence-corrected chi connectivity index (χ0v) is 19.3. The predicted octanol–water partition coefficient (Wildman–Crippen LogP) is 4.74. The number of para-hydroxylation sites is 1. The van der Waals surface area contributed by atoms with Gasteiger partial charge in [0, 0.05) is 47.4 Å². The first-order valence-electron chi connectivity index (χ1n) is 11.6. The van der Waals surface area contributed by atoms with Gasteiger partial charge in [0.05, 0.1) is 0 Å². The molecule has 1 unspecified atom stereocenters. The summed E-state index contributed by atoms with van der Waals surface area (Å²) in [5, 5.41) is 5.35. The topological polar surface area (TPSA) is 66.3 Å². The van der Waals surface area contributed by atoms with E-state index in [-0.39, 0.29) is 11.0 Å². The van der Waals surface area contributed by atoms with Crippen LogP contribution in [0, 0.1) is 12.3 Å². The summed E-state index contributed by atoms with van der Waals surface area (Å²) in [5.74, 6) is 1.67. The number of aromatic nitrogens is 4. The molecule has 6 nitrogen and oxygen atoms in total. The van der Waals surface area contributed by atoms with Gasteiger partial charge >= 0.3 is 0 Å². The molecule has 2 aromatic heterocycles. The molecule has 2 aliphatic rings. The van der Waals surface area contributed by atoms with Crippen LogP contribution < -0.4 is 10.5 Å². The molecule has 1 aliphatic carbocycles. The normalized spacial score (nSPS) is 19.3. The second-order valence-electron chi connectivity index (χ2n) is 9.49. The first-order valence-corrected chi connectivity index (χ1v) is 11.9. The molecular weight excluding hydrogens is 434 g/mol. The average molecular weight is 460 g/mol. The number of aryl methyl sites for hydroxylation is 1. The third-order valence-corrected chi connectivity index (χ3v) is 7.71. The van der Waals surface area contributed by atoms with E-state index in [0.717, 1.165) is 49.4 Å². The second-order valence-corrected chi connectivity index (χ2v) is 9.92. The Hall–Kier alpha value is -3.12. The van der Waals surface area contributed by atoms with E-state index in [4.69, 9.17) is 16.6 Å². The Morgan fingerprint density at radius 3 is 2.67 bits per heavy atom. The first kappa shape index (κ1) is 20.5. The zero-order valence-electron chi connectivity index (χ0n) is 18.6. The molecule has 1 atom stereocenters. The van der Waals surface area contributed by atoms with Gasteiger partial charge < -0.3 is 9.88 Å². The number of fused-ring (bicyclic) bond motifs is 1. The summed E-state index contributed by atoms with van der Waals surface area (Å²) in [6.07, 6.45) is 3.88. The van der Waals surface area contributed by atoms with Gasteiger partial charge in [0.15, 0.2) is 5.82 Å². The quantitative estimate of drug-likeness (QED) is 0.478. The van der Waals surface area contributed by atoms with Crippen molar-refractivity contribution < 1.29 is 0 Å². The molecule has 1 aliphatic heterocycles. The highest BCUT2D eigenvalue weighted by atomic mass is 35.5. The van der Waals surface area contributed by atoms with Crippen LogP contribution >= 0.6 is 11.6 Å². The summed E-state index contributed by atoms with van der Waals surface area (Å²) in [4.78, 5) is 23.8. The number of halogens is 1. The lowest BCUT2D eigenvalue weighted by Gasteiger charge is -2.34. The van der Waals surface area contributed by atoms with Crippen molar-refractivity contribution in [3.8, 4) is 0 Å². The molecule has 1 saturated carbocycles. The lowest BCUT2D eigenvalue weighted by Crippen LogP contribution is -2.35. The van der Waals surface area contributed by atoms with Crippen LogP contribution in [0.25, 0.3) is 5.78 Å². The number of hydrogen-bond acceptors (Lipinski definition) is 4. The van der Waals surface area contributed by atoms with E-state index in [9.17, 15) is 4.79 Å². The number of nitrogens with one attached hydrogen (secondary N) is 1. The highest BCUT2D eigenvalue weighted by Crippen LogP contribution is 2.64. The highest BCUT2D eigenvalue weighted by molar-refractivity contribution is 6.30. The van der Waals surface area contributed by atoms with Gasteiger partial charge in [-0.05, 0) is 61.4 Å². The molecule has 4 aromatic rings. The molecule has 168 valence electrons. The largest absolute Gasteiger partial charge is 0.371 e. The molecular formula is C26H26ClN5O. The number of benzene rings is 2. The number of piperidine rings is 1. The van der Waals surface area contributed by atoms with Crippen LogP contribution in [0.15, 0.2) is 59.4 Å². The first-order chi connectivity index (χ1) is 16.0. The fourth-order valence-corrected chi connectivity index (χ4v) is 5.62. The highest BCUT2D eigenvalue weighted by Gasteiger charge is 2.57. The molecule has 2 aromatic carbocycles. The fourth-order valence-electron chi connectivity index (χ4n) is 5.40. The Morgan fingerprint density at radius 2 is 1.91 bits per heavy atom. The van der Waals surface area contributed by atoms with E-state index < -0.39 is 0 Å². The molecule has 1 N–H and O–H groups in total. The van der Waals surface area contributed by atoms with Gasteiger partial charge in [0.25, 0.3) is 5.56 Å². The molecule has 0 bridgehead atoms. The van der Waals surface area contributed by atoms with E-state index in [1.54, 1.807) is 0 Å². The monoisotopic (exact) mass is 459 g/mol. The molecule has 7 heteroatoms. The van der Waals surface area contributed by atoms with Crippen molar-refractivity contribution in [2.75, 3.05) is 18.0 Å². The second kappa shape index (κ2) is 7.73. The lowest BCUT2D eigenvalue weighted by molar-refractivity contribution is 0.368. The maximum atomic E-state index is 13.3. The van der Waals surface area contributed by atoms with Gasteiger partial charge in [0.1, 0.15) is 0 Å². The lowest BCUT2D eigenvalue weighted by atomic mass is 9.90. The summed E-state index contributed by atoms with van der Waals surface area (Å²) in [6, 6.07) is 18.2. The third-order valence-electron chi connectivity index (χ3n) is 7.48. The van der Waals surface area contributed by atoms with Crippen LogP contribution in [0.3, 0.4) is 0 Å². The Labute approximate surface area is 197 Å². The Morgan fingerprint density at radius 1 is 1.12 bits per heavy atom. The maximum Gasteiger partial charge on any atom is 0.279 e. The number of nitrogens with zero attached hydrogens (tertiary/aromatic N) is 4. The molecule has 6 rings (SSSR count). The summed E-state index contributed by atoms with van der Waals surface area (Å²) in [6.45, 7) is 4.03. The third kappa shape index (κ3) is 3.62. The average Bonchev–Trinajstić information content (AvgIpc) is 3.34. The molecule has 1 spiro atoms. The van der Waals surface area contributed by atoms with Gasteiger partial charge in [-0.3, -0.25) is 4.79 Å². The molecule has 3 heterocycles. The van der Waals surface area contributed by atoms with Gasteiger partial charge in [-0.2, -0.15) is 9.50 Å². The van der Waals surface area contributed by atoms with E-state index in [0.29, 0.717) is 28.7 Å². The molecule has 0 amide bonds. The summed E-state index contributed by atoms with van der Waals surface area (Å²) in [5.41, 5.74) is 3.99. The molecule has 2 fully saturated rings.